The number of halogens is 1. The lowest BCUT2D eigenvalue weighted by molar-refractivity contribution is 0.597. The number of sulfonamides is 1. The number of hydrogen-bond acceptors (Lipinski definition) is 2. The number of para-hydroxylation sites is 1. The molecular weight excluding hydrogens is 234 g/mol. The summed E-state index contributed by atoms with van der Waals surface area (Å²) in [7, 11) is -3.52. The summed E-state index contributed by atoms with van der Waals surface area (Å²) < 4.78 is 24.3. The molecule has 0 aliphatic rings. The van der Waals surface area contributed by atoms with Gasteiger partial charge in [-0.1, -0.05) is 24.1 Å². The van der Waals surface area contributed by atoms with E-state index in [4.69, 9.17) is 18.0 Å². The van der Waals surface area contributed by atoms with E-state index < -0.39 is 15.2 Å². The van der Waals surface area contributed by atoms with Crippen molar-refractivity contribution in [3.8, 4) is 12.3 Å². The van der Waals surface area contributed by atoms with Crippen LogP contribution in [-0.2, 0) is 10.0 Å². The van der Waals surface area contributed by atoms with E-state index in [1.54, 1.807) is 30.3 Å². The van der Waals surface area contributed by atoms with Gasteiger partial charge in [0.25, 0.3) is 0 Å². The van der Waals surface area contributed by atoms with E-state index in [1.807, 2.05) is 0 Å². The lowest BCUT2D eigenvalue weighted by Crippen LogP contribution is -2.32. The van der Waals surface area contributed by atoms with Gasteiger partial charge < -0.3 is 0 Å². The van der Waals surface area contributed by atoms with Gasteiger partial charge in [-0.25, -0.2) is 8.42 Å². The molecule has 80 valence electrons. The van der Waals surface area contributed by atoms with Gasteiger partial charge in [-0.2, -0.15) is 0 Å². The highest BCUT2D eigenvalue weighted by Crippen LogP contribution is 2.17. The zero-order valence-corrected chi connectivity index (χ0v) is 9.50. The van der Waals surface area contributed by atoms with Gasteiger partial charge in [0.05, 0.1) is 12.2 Å². The van der Waals surface area contributed by atoms with E-state index >= 15 is 0 Å². The molecule has 0 radical (unpaired) electrons. The molecule has 15 heavy (non-hydrogen) atoms. The van der Waals surface area contributed by atoms with E-state index in [0.29, 0.717) is 5.69 Å². The molecular formula is C10H10ClNO2S. The van der Waals surface area contributed by atoms with Crippen LogP contribution in [0.4, 0.5) is 5.69 Å². The van der Waals surface area contributed by atoms with Crippen LogP contribution < -0.4 is 4.31 Å². The van der Waals surface area contributed by atoms with Gasteiger partial charge in [-0.15, -0.1) is 18.0 Å². The van der Waals surface area contributed by atoms with E-state index in [-0.39, 0.29) is 6.54 Å². The number of anilines is 1. The molecule has 0 heterocycles. The lowest BCUT2D eigenvalue weighted by Gasteiger charge is -2.20. The minimum Gasteiger partial charge on any atom is -0.257 e. The summed E-state index contributed by atoms with van der Waals surface area (Å²) in [5.74, 6) is 2.29. The zero-order valence-electron chi connectivity index (χ0n) is 7.93. The standard InChI is InChI=1S/C10H10ClNO2S/c1-2-8-12(15(13,14)9-11)10-6-4-3-5-7-10/h1,3-7H,8-9H2. The van der Waals surface area contributed by atoms with Crippen LogP contribution in [0.1, 0.15) is 0 Å². The third-order valence-corrected chi connectivity index (χ3v) is 3.87. The molecule has 0 N–H and O–H groups in total. The largest absolute Gasteiger partial charge is 0.257 e. The SMILES string of the molecule is C#CCN(c1ccccc1)S(=O)(=O)CCl. The van der Waals surface area contributed by atoms with E-state index in [0.717, 1.165) is 4.31 Å². The molecule has 5 heteroatoms. The fourth-order valence-electron chi connectivity index (χ4n) is 1.09. The second-order valence-electron chi connectivity index (χ2n) is 2.77. The second-order valence-corrected chi connectivity index (χ2v) is 5.24. The lowest BCUT2D eigenvalue weighted by atomic mass is 10.3. The van der Waals surface area contributed by atoms with Crippen molar-refractivity contribution >= 4 is 27.3 Å². The van der Waals surface area contributed by atoms with Crippen molar-refractivity contribution in [1.82, 2.24) is 0 Å². The molecule has 1 aromatic rings. The Kier molecular flexibility index (Phi) is 4.01. The molecule has 0 spiro atoms. The third-order valence-electron chi connectivity index (χ3n) is 1.75. The summed E-state index contributed by atoms with van der Waals surface area (Å²) in [6.07, 6.45) is 5.12. The predicted molar refractivity (Wildman–Crippen MR) is 62.3 cm³/mol. The van der Waals surface area contributed by atoms with Crippen molar-refractivity contribution in [3.05, 3.63) is 30.3 Å². The van der Waals surface area contributed by atoms with E-state index in [9.17, 15) is 8.42 Å². The minimum atomic E-state index is -3.52. The zero-order chi connectivity index (χ0) is 11.3. The summed E-state index contributed by atoms with van der Waals surface area (Å²) in [5, 5.41) is -0.483. The van der Waals surface area contributed by atoms with Gasteiger partial charge in [-0.3, -0.25) is 4.31 Å². The van der Waals surface area contributed by atoms with Crippen LogP contribution in [0.2, 0.25) is 0 Å². The number of hydrogen-bond donors (Lipinski definition) is 0. The number of nitrogens with zero attached hydrogens (tertiary/aromatic N) is 1. The van der Waals surface area contributed by atoms with Gasteiger partial charge in [0, 0.05) is 0 Å². The summed E-state index contributed by atoms with van der Waals surface area (Å²) in [6, 6.07) is 8.61. The average molecular weight is 244 g/mol. The molecule has 0 saturated heterocycles. The van der Waals surface area contributed by atoms with Gasteiger partial charge in [-0.05, 0) is 12.1 Å². The number of benzene rings is 1. The van der Waals surface area contributed by atoms with Crippen LogP contribution in [-0.4, -0.2) is 20.2 Å². The Hall–Kier alpha value is -1.18. The number of rotatable bonds is 4. The fraction of sp³-hybridized carbons (Fsp3) is 0.200. The first-order chi connectivity index (χ1) is 7.11. The molecule has 0 aliphatic carbocycles. The number of alkyl halides is 1. The monoisotopic (exact) mass is 243 g/mol. The molecule has 1 rings (SSSR count). The fourth-order valence-corrected chi connectivity index (χ4v) is 2.27. The Morgan fingerprint density at radius 1 is 1.33 bits per heavy atom. The van der Waals surface area contributed by atoms with Gasteiger partial charge >= 0.3 is 0 Å². The molecule has 0 fully saturated rings. The molecule has 0 aliphatic heterocycles. The van der Waals surface area contributed by atoms with Crippen LogP contribution >= 0.6 is 11.6 Å². The molecule has 3 nitrogen and oxygen atoms in total. The smallest absolute Gasteiger partial charge is 0.250 e. The highest BCUT2D eigenvalue weighted by Gasteiger charge is 2.19. The Labute approximate surface area is 94.7 Å². The summed E-state index contributed by atoms with van der Waals surface area (Å²) in [4.78, 5) is 0. The Morgan fingerprint density at radius 2 is 1.93 bits per heavy atom. The van der Waals surface area contributed by atoms with Crippen molar-refractivity contribution in [2.45, 2.75) is 0 Å². The first-order valence-electron chi connectivity index (χ1n) is 4.16. The van der Waals surface area contributed by atoms with Crippen LogP contribution in [0.25, 0.3) is 0 Å². The van der Waals surface area contributed by atoms with Crippen LogP contribution in [0, 0.1) is 12.3 Å². The van der Waals surface area contributed by atoms with Crippen molar-refractivity contribution in [2.24, 2.45) is 0 Å². The van der Waals surface area contributed by atoms with Crippen LogP contribution in [0.15, 0.2) is 30.3 Å². The molecule has 1 aromatic carbocycles. The highest BCUT2D eigenvalue weighted by atomic mass is 35.5. The summed E-state index contributed by atoms with van der Waals surface area (Å²) in [6.45, 7) is -0.0148. The van der Waals surface area contributed by atoms with Gasteiger partial charge in [0.2, 0.25) is 10.0 Å². The van der Waals surface area contributed by atoms with Gasteiger partial charge in [0.1, 0.15) is 5.21 Å². The van der Waals surface area contributed by atoms with Crippen molar-refractivity contribution < 1.29 is 8.42 Å². The molecule has 0 unspecified atom stereocenters. The molecule has 0 atom stereocenters. The van der Waals surface area contributed by atoms with E-state index in [2.05, 4.69) is 5.92 Å². The normalized spacial score (nSPS) is 10.7. The maximum atomic E-state index is 11.6. The van der Waals surface area contributed by atoms with Crippen molar-refractivity contribution in [2.75, 3.05) is 16.1 Å². The Morgan fingerprint density at radius 3 is 2.40 bits per heavy atom. The average Bonchev–Trinajstić information content (AvgIpc) is 2.27. The maximum Gasteiger partial charge on any atom is 0.250 e. The highest BCUT2D eigenvalue weighted by molar-refractivity contribution is 7.93. The second kappa shape index (κ2) is 5.06. The van der Waals surface area contributed by atoms with Gasteiger partial charge in [0.15, 0.2) is 0 Å². The first-order valence-corrected chi connectivity index (χ1v) is 6.31. The Bertz CT molecular complexity index is 450. The van der Waals surface area contributed by atoms with Crippen LogP contribution in [0.5, 0.6) is 0 Å². The summed E-state index contributed by atoms with van der Waals surface area (Å²) >= 11 is 5.38. The topological polar surface area (TPSA) is 37.4 Å². The minimum absolute atomic E-state index is 0.0148. The van der Waals surface area contributed by atoms with Crippen molar-refractivity contribution in [1.29, 1.82) is 0 Å². The predicted octanol–water partition coefficient (Wildman–Crippen LogP) is 1.65. The third kappa shape index (κ3) is 2.88. The molecule has 0 saturated carbocycles. The van der Waals surface area contributed by atoms with Crippen LogP contribution in [0.3, 0.4) is 0 Å². The maximum absolute atomic E-state index is 11.6. The Balaban J connectivity index is 3.11. The molecule has 0 aromatic heterocycles. The molecule has 0 amide bonds. The van der Waals surface area contributed by atoms with E-state index in [1.165, 1.54) is 0 Å². The molecule has 0 bridgehead atoms. The van der Waals surface area contributed by atoms with Crippen molar-refractivity contribution in [3.63, 3.8) is 0 Å². The summed E-state index contributed by atoms with van der Waals surface area (Å²) in [5.41, 5.74) is 0.524. The number of terminal acetylenes is 1. The quantitative estimate of drug-likeness (QED) is 0.596. The first kappa shape index (κ1) is 11.9.